The predicted molar refractivity (Wildman–Crippen MR) is 98.2 cm³/mol. The van der Waals surface area contributed by atoms with Crippen molar-refractivity contribution >= 4 is 11.6 Å². The molecular weight excluding hydrogens is 350 g/mol. The minimum Gasteiger partial charge on any atom is -0.471 e. The van der Waals surface area contributed by atoms with E-state index in [0.717, 1.165) is 37.0 Å². The molecule has 0 saturated heterocycles. The number of ether oxygens (including phenoxy) is 1. The number of hydrogen-bond acceptors (Lipinski definition) is 3. The first kappa shape index (κ1) is 17.9. The van der Waals surface area contributed by atoms with E-state index < -0.39 is 11.6 Å². The lowest BCUT2D eigenvalue weighted by atomic mass is 9.82. The second kappa shape index (κ2) is 6.01. The molecule has 1 fully saturated rings. The highest BCUT2D eigenvalue weighted by atomic mass is 19.1. The van der Waals surface area contributed by atoms with Crippen LogP contribution in [0.5, 0.6) is 5.88 Å². The molecule has 27 heavy (non-hydrogen) atoms. The fourth-order valence-electron chi connectivity index (χ4n) is 4.11. The van der Waals surface area contributed by atoms with Gasteiger partial charge in [0, 0.05) is 29.8 Å². The van der Waals surface area contributed by atoms with E-state index in [2.05, 4.69) is 4.98 Å². The molecule has 0 unspecified atom stereocenters. The first-order chi connectivity index (χ1) is 12.7. The Kier molecular flexibility index (Phi) is 3.98. The normalized spacial score (nSPS) is 18.6. The number of anilines is 1. The van der Waals surface area contributed by atoms with Crippen molar-refractivity contribution in [2.75, 3.05) is 11.4 Å². The number of hydrogen-bond donors (Lipinski definition) is 0. The molecule has 4 nitrogen and oxygen atoms in total. The fraction of sp³-hybridized carbons (Fsp3) is 0.429. The maximum atomic E-state index is 14.2. The van der Waals surface area contributed by atoms with Crippen molar-refractivity contribution in [2.24, 2.45) is 0 Å². The third-order valence-electron chi connectivity index (χ3n) is 5.42. The molecule has 4 rings (SSSR count). The minimum absolute atomic E-state index is 0.0263. The lowest BCUT2D eigenvalue weighted by molar-refractivity contribution is 0.0609. The van der Waals surface area contributed by atoms with Crippen LogP contribution in [0.15, 0.2) is 30.5 Å². The minimum atomic E-state index is -0.764. The van der Waals surface area contributed by atoms with Crippen molar-refractivity contribution in [2.45, 2.75) is 51.0 Å². The summed E-state index contributed by atoms with van der Waals surface area (Å²) in [5.74, 6) is -1.22. The van der Waals surface area contributed by atoms with Crippen LogP contribution in [0.1, 0.15) is 56.0 Å². The second-order valence-electron chi connectivity index (χ2n) is 8.04. The van der Waals surface area contributed by atoms with E-state index in [0.29, 0.717) is 11.4 Å². The van der Waals surface area contributed by atoms with Crippen LogP contribution in [0.2, 0.25) is 0 Å². The number of aromatic nitrogens is 1. The van der Waals surface area contributed by atoms with E-state index in [4.69, 9.17) is 4.74 Å². The first-order valence-corrected chi connectivity index (χ1v) is 9.21. The van der Waals surface area contributed by atoms with Gasteiger partial charge in [0.15, 0.2) is 0 Å². The summed E-state index contributed by atoms with van der Waals surface area (Å²) in [5.41, 5.74) is 1.14. The number of benzene rings is 1. The Morgan fingerprint density at radius 1 is 1.26 bits per heavy atom. The molecule has 142 valence electrons. The third kappa shape index (κ3) is 3.07. The zero-order valence-electron chi connectivity index (χ0n) is 15.7. The van der Waals surface area contributed by atoms with Crippen LogP contribution in [0, 0.1) is 11.6 Å². The molecule has 2 heterocycles. The lowest BCUT2D eigenvalue weighted by Gasteiger charge is -2.37. The average Bonchev–Trinajstić information content (AvgIpc) is 3.35. The van der Waals surface area contributed by atoms with E-state index >= 15 is 0 Å². The van der Waals surface area contributed by atoms with Crippen LogP contribution >= 0.6 is 0 Å². The molecule has 0 bridgehead atoms. The maximum absolute atomic E-state index is 14.2. The van der Waals surface area contributed by atoms with Crippen LogP contribution < -0.4 is 9.64 Å². The van der Waals surface area contributed by atoms with Gasteiger partial charge in [-0.05, 0) is 58.2 Å². The number of fused-ring (bicyclic) bond motifs is 2. The number of nitrogens with zero attached hydrogens (tertiary/aromatic N) is 2. The summed E-state index contributed by atoms with van der Waals surface area (Å²) in [4.78, 5) is 18.7. The highest BCUT2D eigenvalue weighted by Gasteiger charge is 2.53. The van der Waals surface area contributed by atoms with Crippen molar-refractivity contribution < 1.29 is 18.3 Å². The smallest absolute Gasteiger partial charge is 0.259 e. The molecule has 0 atom stereocenters. The summed E-state index contributed by atoms with van der Waals surface area (Å²) in [5, 5.41) is 0. The molecule has 2 aliphatic rings. The molecule has 1 spiro atoms. The highest BCUT2D eigenvalue weighted by Crippen LogP contribution is 2.58. The van der Waals surface area contributed by atoms with Crippen LogP contribution in [0.25, 0.3) is 0 Å². The van der Waals surface area contributed by atoms with Crippen LogP contribution in [0.3, 0.4) is 0 Å². The summed E-state index contributed by atoms with van der Waals surface area (Å²) in [6.07, 6.45) is 4.46. The van der Waals surface area contributed by atoms with Gasteiger partial charge in [-0.1, -0.05) is 0 Å². The summed E-state index contributed by atoms with van der Waals surface area (Å²) in [7, 11) is 0. The molecule has 1 saturated carbocycles. The zero-order chi connectivity index (χ0) is 19.4. The molecule has 1 aromatic heterocycles. The van der Waals surface area contributed by atoms with E-state index in [-0.39, 0.29) is 29.2 Å². The molecule has 0 radical (unpaired) electrons. The van der Waals surface area contributed by atoms with Crippen LogP contribution in [-0.4, -0.2) is 23.0 Å². The highest BCUT2D eigenvalue weighted by molar-refractivity contribution is 6.06. The molecular formula is C21H22F2N2O2. The van der Waals surface area contributed by atoms with Gasteiger partial charge in [0.05, 0.1) is 11.3 Å². The predicted octanol–water partition coefficient (Wildman–Crippen LogP) is 4.62. The maximum Gasteiger partial charge on any atom is 0.259 e. The number of amides is 1. The summed E-state index contributed by atoms with van der Waals surface area (Å²) in [6, 6.07) is 5.04. The second-order valence-corrected chi connectivity index (χ2v) is 8.04. The third-order valence-corrected chi connectivity index (χ3v) is 5.42. The topological polar surface area (TPSA) is 42.4 Å². The number of carbonyl (C=O) groups is 1. The number of pyridine rings is 1. The Morgan fingerprint density at radius 3 is 2.63 bits per heavy atom. The van der Waals surface area contributed by atoms with Crippen molar-refractivity contribution in [3.63, 3.8) is 0 Å². The van der Waals surface area contributed by atoms with Crippen molar-refractivity contribution in [3.05, 3.63) is 53.2 Å². The van der Waals surface area contributed by atoms with Crippen molar-refractivity contribution in [3.8, 4) is 5.88 Å². The average molecular weight is 372 g/mol. The monoisotopic (exact) mass is 372 g/mol. The molecule has 1 amide bonds. The van der Waals surface area contributed by atoms with Gasteiger partial charge < -0.3 is 9.64 Å². The van der Waals surface area contributed by atoms with E-state index in [9.17, 15) is 13.6 Å². The zero-order valence-corrected chi connectivity index (χ0v) is 15.7. The Hall–Kier alpha value is -2.50. The van der Waals surface area contributed by atoms with Gasteiger partial charge in [-0.3, -0.25) is 4.79 Å². The molecule has 1 aliphatic carbocycles. The lowest BCUT2D eigenvalue weighted by Crippen LogP contribution is -2.39. The molecule has 2 aromatic rings. The van der Waals surface area contributed by atoms with E-state index in [1.165, 1.54) is 17.2 Å². The molecule has 1 aliphatic heterocycles. The summed E-state index contributed by atoms with van der Waals surface area (Å²) < 4.78 is 33.4. The first-order valence-electron chi connectivity index (χ1n) is 9.21. The number of halogens is 2. The van der Waals surface area contributed by atoms with Gasteiger partial charge in [-0.2, -0.15) is 0 Å². The molecule has 6 heteroatoms. The van der Waals surface area contributed by atoms with Gasteiger partial charge in [0.2, 0.25) is 5.88 Å². The number of rotatable bonds is 3. The molecule has 0 N–H and O–H groups in total. The van der Waals surface area contributed by atoms with E-state index in [1.807, 2.05) is 19.9 Å². The Morgan fingerprint density at radius 2 is 2.00 bits per heavy atom. The quantitative estimate of drug-likeness (QED) is 0.790. The van der Waals surface area contributed by atoms with Crippen molar-refractivity contribution in [1.29, 1.82) is 0 Å². The number of carbonyl (C=O) groups excluding carboxylic acids is 1. The van der Waals surface area contributed by atoms with Gasteiger partial charge in [0.1, 0.15) is 17.2 Å². The van der Waals surface area contributed by atoms with Crippen LogP contribution in [0.4, 0.5) is 14.5 Å². The summed E-state index contributed by atoms with van der Waals surface area (Å²) >= 11 is 0. The molecule has 1 aromatic carbocycles. The Balaban J connectivity index is 1.70. The SMILES string of the molecule is CCN(C(=O)c1cnc2c(c1)C1(CC1)CC(C)(C)O2)c1ccc(F)cc1F. The van der Waals surface area contributed by atoms with Crippen LogP contribution in [-0.2, 0) is 5.41 Å². The van der Waals surface area contributed by atoms with Gasteiger partial charge >= 0.3 is 0 Å². The van der Waals surface area contributed by atoms with Crippen molar-refractivity contribution in [1.82, 2.24) is 4.98 Å². The standard InChI is InChI=1S/C21H22F2N2O2/c1-4-25(17-6-5-14(22)10-16(17)23)19(26)13-9-15-18(24-11-13)27-20(2,3)12-21(15)7-8-21/h5-6,9-11H,4,7-8,12H2,1-3H3. The van der Waals surface area contributed by atoms with Gasteiger partial charge in [-0.15, -0.1) is 0 Å². The Labute approximate surface area is 157 Å². The fourth-order valence-corrected chi connectivity index (χ4v) is 4.11. The van der Waals surface area contributed by atoms with E-state index in [1.54, 1.807) is 6.92 Å². The summed E-state index contributed by atoms with van der Waals surface area (Å²) in [6.45, 7) is 6.10. The Bertz CT molecular complexity index is 922. The largest absolute Gasteiger partial charge is 0.471 e. The van der Waals surface area contributed by atoms with Gasteiger partial charge in [0.25, 0.3) is 5.91 Å². The van der Waals surface area contributed by atoms with Gasteiger partial charge in [-0.25, -0.2) is 13.8 Å².